The maximum atomic E-state index is 12.0. The molecule has 1 atom stereocenters. The molecule has 1 heterocycles. The number of nitrogens with one attached hydrogen (secondary N) is 1. The number of aliphatic carboxylic acids is 1. The minimum Gasteiger partial charge on any atom is -0.480 e. The molecular weight excluding hydrogens is 234 g/mol. The van der Waals surface area contributed by atoms with Gasteiger partial charge in [0.1, 0.15) is 11.7 Å². The molecule has 0 aliphatic heterocycles. The Labute approximate surface area is 105 Å². The summed E-state index contributed by atoms with van der Waals surface area (Å²) >= 11 is 0. The van der Waals surface area contributed by atoms with Crippen LogP contribution in [0.25, 0.3) is 0 Å². The Bertz CT molecular complexity index is 477. The van der Waals surface area contributed by atoms with Gasteiger partial charge in [0.2, 0.25) is 0 Å². The molecule has 2 N–H and O–H groups in total. The fraction of sp³-hybridized carbons (Fsp3) is 0.583. The largest absolute Gasteiger partial charge is 0.480 e. The summed E-state index contributed by atoms with van der Waals surface area (Å²) in [6, 6.07) is 0.892. The normalized spacial score (nSPS) is 16.3. The van der Waals surface area contributed by atoms with Crippen molar-refractivity contribution >= 4 is 11.9 Å². The lowest BCUT2D eigenvalue weighted by atomic mass is 10.2. The molecule has 98 valence electrons. The molecule has 6 heteroatoms. The number of rotatable bonds is 5. The van der Waals surface area contributed by atoms with Gasteiger partial charge in [0.25, 0.3) is 5.91 Å². The predicted octanol–water partition coefficient (Wildman–Crippen LogP) is 0.804. The van der Waals surface area contributed by atoms with Crippen molar-refractivity contribution in [2.75, 3.05) is 0 Å². The zero-order valence-corrected chi connectivity index (χ0v) is 10.5. The maximum Gasteiger partial charge on any atom is 0.326 e. The van der Waals surface area contributed by atoms with Crippen LogP contribution in [0.2, 0.25) is 0 Å². The molecule has 1 saturated carbocycles. The van der Waals surface area contributed by atoms with Crippen molar-refractivity contribution in [1.82, 2.24) is 15.1 Å². The minimum atomic E-state index is -0.967. The average Bonchev–Trinajstić information content (AvgIpc) is 3.07. The Kier molecular flexibility index (Phi) is 3.36. The Hall–Kier alpha value is -1.85. The first-order valence-corrected chi connectivity index (χ1v) is 6.11. The van der Waals surface area contributed by atoms with Gasteiger partial charge in [-0.1, -0.05) is 0 Å². The summed E-state index contributed by atoms with van der Waals surface area (Å²) in [5, 5.41) is 15.8. The zero-order chi connectivity index (χ0) is 13.3. The number of amides is 1. The van der Waals surface area contributed by atoms with E-state index in [0.29, 0.717) is 12.2 Å². The number of carboxylic acids is 1. The Morgan fingerprint density at radius 3 is 2.78 bits per heavy atom. The molecule has 1 fully saturated rings. The number of aromatic nitrogens is 2. The van der Waals surface area contributed by atoms with E-state index in [-0.39, 0.29) is 11.8 Å². The van der Waals surface area contributed by atoms with Gasteiger partial charge in [-0.3, -0.25) is 9.48 Å². The molecule has 2 rings (SSSR count). The third kappa shape index (κ3) is 2.52. The lowest BCUT2D eigenvalue weighted by Crippen LogP contribution is -2.43. The second-order valence-electron chi connectivity index (χ2n) is 4.61. The minimum absolute atomic E-state index is 0.0746. The molecule has 1 aliphatic rings. The maximum absolute atomic E-state index is 12.0. The fourth-order valence-electron chi connectivity index (χ4n) is 2.00. The zero-order valence-electron chi connectivity index (χ0n) is 10.5. The van der Waals surface area contributed by atoms with E-state index in [0.717, 1.165) is 18.5 Å². The average molecular weight is 251 g/mol. The summed E-state index contributed by atoms with van der Waals surface area (Å²) in [7, 11) is 0. The molecular formula is C12H17N3O3. The van der Waals surface area contributed by atoms with E-state index in [2.05, 4.69) is 10.4 Å². The molecule has 0 radical (unpaired) electrons. The van der Waals surface area contributed by atoms with Crippen molar-refractivity contribution < 1.29 is 14.7 Å². The lowest BCUT2D eigenvalue weighted by Gasteiger charge is -2.13. The Morgan fingerprint density at radius 2 is 2.28 bits per heavy atom. The number of nitrogens with zero attached hydrogens (tertiary/aromatic N) is 2. The van der Waals surface area contributed by atoms with Crippen LogP contribution in [0, 0.1) is 12.8 Å². The van der Waals surface area contributed by atoms with Gasteiger partial charge in [-0.2, -0.15) is 5.10 Å². The van der Waals surface area contributed by atoms with Gasteiger partial charge in [-0.25, -0.2) is 4.79 Å². The first-order chi connectivity index (χ1) is 8.52. The molecule has 1 amide bonds. The van der Waals surface area contributed by atoms with Gasteiger partial charge in [-0.05, 0) is 38.7 Å². The van der Waals surface area contributed by atoms with Crippen LogP contribution in [0.3, 0.4) is 0 Å². The van der Waals surface area contributed by atoms with Crippen molar-refractivity contribution in [2.45, 2.75) is 39.3 Å². The summed E-state index contributed by atoms with van der Waals surface area (Å²) in [6.07, 6.45) is 1.73. The van der Waals surface area contributed by atoms with Crippen molar-refractivity contribution in [1.29, 1.82) is 0 Å². The number of carbonyl (C=O) groups excluding carboxylic acids is 1. The summed E-state index contributed by atoms with van der Waals surface area (Å²) in [5.41, 5.74) is 1.17. The first kappa shape index (κ1) is 12.6. The van der Waals surface area contributed by atoms with Gasteiger partial charge in [0.15, 0.2) is 0 Å². The summed E-state index contributed by atoms with van der Waals surface area (Å²) < 4.78 is 1.58. The first-order valence-electron chi connectivity index (χ1n) is 6.11. The van der Waals surface area contributed by atoms with Crippen molar-refractivity contribution in [3.63, 3.8) is 0 Å². The molecule has 1 unspecified atom stereocenters. The molecule has 0 bridgehead atoms. The predicted molar refractivity (Wildman–Crippen MR) is 64.3 cm³/mol. The molecule has 1 aromatic heterocycles. The third-order valence-corrected chi connectivity index (χ3v) is 3.08. The van der Waals surface area contributed by atoms with Crippen molar-refractivity contribution in [2.24, 2.45) is 5.92 Å². The highest BCUT2D eigenvalue weighted by molar-refractivity contribution is 5.95. The van der Waals surface area contributed by atoms with Gasteiger partial charge < -0.3 is 10.4 Å². The van der Waals surface area contributed by atoms with Crippen LogP contribution in [0.4, 0.5) is 0 Å². The number of carboxylic acid groups (broad SMARTS) is 1. The molecule has 6 nitrogen and oxygen atoms in total. The highest BCUT2D eigenvalue weighted by atomic mass is 16.4. The molecule has 1 aliphatic carbocycles. The van der Waals surface area contributed by atoms with E-state index in [4.69, 9.17) is 5.11 Å². The molecule has 0 spiro atoms. The highest BCUT2D eigenvalue weighted by Crippen LogP contribution is 2.32. The number of hydrogen-bond donors (Lipinski definition) is 2. The van der Waals surface area contributed by atoms with Crippen molar-refractivity contribution in [3.8, 4) is 0 Å². The second-order valence-corrected chi connectivity index (χ2v) is 4.61. The van der Waals surface area contributed by atoms with Crippen LogP contribution in [0.15, 0.2) is 6.07 Å². The van der Waals surface area contributed by atoms with Crippen LogP contribution in [0.1, 0.15) is 35.9 Å². The number of aryl methyl sites for hydroxylation is 2. The van der Waals surface area contributed by atoms with E-state index >= 15 is 0 Å². The Balaban J connectivity index is 2.12. The van der Waals surface area contributed by atoms with Crippen LogP contribution >= 0.6 is 0 Å². The summed E-state index contributed by atoms with van der Waals surface area (Å²) in [5.74, 6) is -1.26. The topological polar surface area (TPSA) is 84.2 Å². The van der Waals surface area contributed by atoms with E-state index in [1.165, 1.54) is 0 Å². The van der Waals surface area contributed by atoms with E-state index in [1.54, 1.807) is 17.7 Å². The van der Waals surface area contributed by atoms with Crippen LogP contribution in [0.5, 0.6) is 0 Å². The number of hydrogen-bond acceptors (Lipinski definition) is 3. The second kappa shape index (κ2) is 4.80. The van der Waals surface area contributed by atoms with E-state index in [9.17, 15) is 9.59 Å². The quantitative estimate of drug-likeness (QED) is 0.810. The van der Waals surface area contributed by atoms with Crippen LogP contribution < -0.4 is 5.32 Å². The molecule has 18 heavy (non-hydrogen) atoms. The molecule has 1 aromatic rings. The van der Waals surface area contributed by atoms with Gasteiger partial charge >= 0.3 is 5.97 Å². The van der Waals surface area contributed by atoms with E-state index < -0.39 is 12.0 Å². The standard InChI is InChI=1S/C12H17N3O3/c1-3-15-9(6-7(2)14-15)11(16)13-10(12(17)18)8-4-5-8/h6,8,10H,3-5H2,1-2H3,(H,13,16)(H,17,18). The van der Waals surface area contributed by atoms with Gasteiger partial charge in [0, 0.05) is 6.54 Å². The molecule has 0 aromatic carbocycles. The third-order valence-electron chi connectivity index (χ3n) is 3.08. The van der Waals surface area contributed by atoms with Gasteiger partial charge in [0.05, 0.1) is 5.69 Å². The van der Waals surface area contributed by atoms with E-state index in [1.807, 2.05) is 6.92 Å². The fourth-order valence-corrected chi connectivity index (χ4v) is 2.00. The van der Waals surface area contributed by atoms with Crippen LogP contribution in [-0.2, 0) is 11.3 Å². The molecule has 0 saturated heterocycles. The van der Waals surface area contributed by atoms with Crippen LogP contribution in [-0.4, -0.2) is 32.8 Å². The monoisotopic (exact) mass is 251 g/mol. The smallest absolute Gasteiger partial charge is 0.326 e. The summed E-state index contributed by atoms with van der Waals surface area (Å²) in [6.45, 7) is 4.27. The van der Waals surface area contributed by atoms with Crippen molar-refractivity contribution in [3.05, 3.63) is 17.5 Å². The highest BCUT2D eigenvalue weighted by Gasteiger charge is 2.37. The lowest BCUT2D eigenvalue weighted by molar-refractivity contribution is -0.139. The SMILES string of the molecule is CCn1nc(C)cc1C(=O)NC(C(=O)O)C1CC1. The summed E-state index contributed by atoms with van der Waals surface area (Å²) in [4.78, 5) is 23.1. The number of carbonyl (C=O) groups is 2. The Morgan fingerprint density at radius 1 is 1.61 bits per heavy atom. The van der Waals surface area contributed by atoms with Gasteiger partial charge in [-0.15, -0.1) is 0 Å².